The van der Waals surface area contributed by atoms with Crippen molar-refractivity contribution in [3.8, 4) is 11.5 Å². The van der Waals surface area contributed by atoms with Crippen LogP contribution >= 0.6 is 0 Å². The number of sulfonamides is 1. The number of hydrogen-bond donors (Lipinski definition) is 1. The van der Waals surface area contributed by atoms with Gasteiger partial charge in [0.1, 0.15) is 4.90 Å². The average Bonchev–Trinajstić information content (AvgIpc) is 2.71. The van der Waals surface area contributed by atoms with Crippen LogP contribution in [0.3, 0.4) is 0 Å². The van der Waals surface area contributed by atoms with Crippen molar-refractivity contribution in [1.29, 1.82) is 0 Å². The van der Waals surface area contributed by atoms with Crippen LogP contribution in [0.4, 0.5) is 18.9 Å². The number of nitrogens with zero attached hydrogens (tertiary/aromatic N) is 1. The maximum atomic E-state index is 13.3. The number of nitrogens with one attached hydrogen (secondary N) is 1. The number of non-ortho nitro benzene ring substituents is 1. The lowest BCUT2D eigenvalue weighted by molar-refractivity contribution is -0.385. The monoisotopic (exact) mass is 476 g/mol. The molecule has 32 heavy (non-hydrogen) atoms. The Morgan fingerprint density at radius 2 is 1.81 bits per heavy atom. The van der Waals surface area contributed by atoms with Gasteiger partial charge in [-0.2, -0.15) is 13.2 Å². The summed E-state index contributed by atoms with van der Waals surface area (Å²) >= 11 is 0. The van der Waals surface area contributed by atoms with Gasteiger partial charge >= 0.3 is 6.18 Å². The summed E-state index contributed by atoms with van der Waals surface area (Å²) in [6, 6.07) is 5.96. The summed E-state index contributed by atoms with van der Waals surface area (Å²) in [4.78, 5) is 8.73. The fourth-order valence-electron chi connectivity index (χ4n) is 2.68. The number of nitro benzene ring substituents is 1. The smallest absolute Gasteiger partial charge is 0.417 e. The van der Waals surface area contributed by atoms with Gasteiger partial charge in [0.25, 0.3) is 5.69 Å². The Kier molecular flexibility index (Phi) is 8.07. The summed E-state index contributed by atoms with van der Waals surface area (Å²) in [5, 5.41) is 10.9. The van der Waals surface area contributed by atoms with Crippen molar-refractivity contribution in [3.63, 3.8) is 0 Å². The van der Waals surface area contributed by atoms with Gasteiger partial charge in [0.2, 0.25) is 10.0 Å². The first-order valence-corrected chi connectivity index (χ1v) is 11.0. The van der Waals surface area contributed by atoms with Crippen LogP contribution in [0, 0.1) is 16.0 Å². The SMILES string of the molecule is COc1cc(CNS(=O)(=O)c2cc([N+](=O)[O-])ccc2C(F)(F)F)ccc1OCCC(C)C. The molecule has 0 radical (unpaired) electrons. The highest BCUT2D eigenvalue weighted by Crippen LogP contribution is 2.36. The van der Waals surface area contributed by atoms with Crippen LogP contribution < -0.4 is 14.2 Å². The zero-order valence-electron chi connectivity index (χ0n) is 17.6. The molecular weight excluding hydrogens is 453 g/mol. The molecule has 1 N–H and O–H groups in total. The topological polar surface area (TPSA) is 108 Å². The Labute approximate surface area is 183 Å². The molecule has 12 heteroatoms. The number of methoxy groups -OCH3 is 1. The second-order valence-electron chi connectivity index (χ2n) is 7.28. The van der Waals surface area contributed by atoms with E-state index in [-0.39, 0.29) is 6.54 Å². The lowest BCUT2D eigenvalue weighted by Crippen LogP contribution is -2.26. The highest BCUT2D eigenvalue weighted by atomic mass is 32.2. The molecule has 0 bridgehead atoms. The predicted molar refractivity (Wildman–Crippen MR) is 110 cm³/mol. The Morgan fingerprint density at radius 1 is 1.12 bits per heavy atom. The first-order valence-electron chi connectivity index (χ1n) is 9.50. The van der Waals surface area contributed by atoms with Crippen LogP contribution in [0.15, 0.2) is 41.3 Å². The number of halogens is 3. The molecule has 0 aromatic heterocycles. The van der Waals surface area contributed by atoms with Crippen LogP contribution in [0.1, 0.15) is 31.4 Å². The van der Waals surface area contributed by atoms with Crippen molar-refractivity contribution in [2.24, 2.45) is 5.92 Å². The number of ether oxygens (including phenoxy) is 2. The fraction of sp³-hybridized carbons (Fsp3) is 0.400. The van der Waals surface area contributed by atoms with Crippen molar-refractivity contribution in [1.82, 2.24) is 4.72 Å². The molecule has 0 saturated heterocycles. The minimum atomic E-state index is -5.02. The molecule has 0 atom stereocenters. The zero-order chi connectivity index (χ0) is 24.1. The van der Waals surface area contributed by atoms with E-state index >= 15 is 0 Å². The van der Waals surface area contributed by atoms with E-state index in [0.717, 1.165) is 6.42 Å². The van der Waals surface area contributed by atoms with Gasteiger partial charge in [-0.1, -0.05) is 19.9 Å². The second-order valence-corrected chi connectivity index (χ2v) is 9.01. The van der Waals surface area contributed by atoms with Crippen molar-refractivity contribution < 1.29 is 36.0 Å². The maximum Gasteiger partial charge on any atom is 0.417 e. The van der Waals surface area contributed by atoms with Gasteiger partial charge in [0.05, 0.1) is 24.2 Å². The van der Waals surface area contributed by atoms with E-state index in [1.807, 2.05) is 13.8 Å². The molecule has 2 aromatic carbocycles. The first-order chi connectivity index (χ1) is 14.8. The quantitative estimate of drug-likeness (QED) is 0.399. The maximum absolute atomic E-state index is 13.3. The summed E-state index contributed by atoms with van der Waals surface area (Å²) in [5.74, 6) is 1.21. The molecule has 176 valence electrons. The fourth-order valence-corrected chi connectivity index (χ4v) is 3.94. The first kappa shape index (κ1) is 25.4. The van der Waals surface area contributed by atoms with E-state index in [2.05, 4.69) is 4.72 Å². The van der Waals surface area contributed by atoms with E-state index < -0.39 is 37.3 Å². The lowest BCUT2D eigenvalue weighted by atomic mass is 10.1. The van der Waals surface area contributed by atoms with Gasteiger partial charge in [-0.25, -0.2) is 13.1 Å². The molecule has 0 unspecified atom stereocenters. The van der Waals surface area contributed by atoms with E-state index in [0.29, 0.717) is 47.8 Å². The zero-order valence-corrected chi connectivity index (χ0v) is 18.4. The highest BCUT2D eigenvalue weighted by molar-refractivity contribution is 7.89. The van der Waals surface area contributed by atoms with Gasteiger partial charge in [0, 0.05) is 18.7 Å². The third-order valence-electron chi connectivity index (χ3n) is 4.42. The van der Waals surface area contributed by atoms with E-state index in [1.54, 1.807) is 6.07 Å². The Hall–Kier alpha value is -2.86. The normalized spacial score (nSPS) is 12.1. The number of rotatable bonds is 10. The standard InChI is InChI=1S/C20H23F3N2O6S/c1-13(2)8-9-31-17-7-4-14(10-18(17)30-3)12-24-32(28,29)19-11-15(25(26)27)5-6-16(19)20(21,22)23/h4-7,10-11,13,24H,8-9,12H2,1-3H3. The molecule has 0 amide bonds. The molecule has 0 aliphatic heterocycles. The lowest BCUT2D eigenvalue weighted by Gasteiger charge is -2.15. The number of hydrogen-bond acceptors (Lipinski definition) is 6. The van der Waals surface area contributed by atoms with Gasteiger partial charge in [-0.3, -0.25) is 10.1 Å². The summed E-state index contributed by atoms with van der Waals surface area (Å²) in [7, 11) is -3.33. The average molecular weight is 476 g/mol. The van der Waals surface area contributed by atoms with Crippen molar-refractivity contribution in [2.75, 3.05) is 13.7 Å². The third kappa shape index (κ3) is 6.57. The molecule has 0 aliphatic rings. The second kappa shape index (κ2) is 10.2. The molecule has 0 fully saturated rings. The van der Waals surface area contributed by atoms with Gasteiger partial charge in [-0.05, 0) is 36.1 Å². The Balaban J connectivity index is 2.26. The van der Waals surface area contributed by atoms with Crippen molar-refractivity contribution >= 4 is 15.7 Å². The van der Waals surface area contributed by atoms with E-state index in [4.69, 9.17) is 9.47 Å². The number of nitro groups is 1. The predicted octanol–water partition coefficient (Wildman–Crippen LogP) is 4.53. The molecule has 2 aromatic rings. The van der Waals surface area contributed by atoms with E-state index in [1.165, 1.54) is 19.2 Å². The van der Waals surface area contributed by atoms with Crippen LogP contribution in [0.2, 0.25) is 0 Å². The van der Waals surface area contributed by atoms with Crippen LogP contribution in [-0.2, 0) is 22.7 Å². The molecule has 8 nitrogen and oxygen atoms in total. The molecule has 0 saturated carbocycles. The number of alkyl halides is 3. The molecule has 2 rings (SSSR count). The molecular formula is C20H23F3N2O6S. The summed E-state index contributed by atoms with van der Waals surface area (Å²) in [5.41, 5.74) is -1.88. The van der Waals surface area contributed by atoms with Gasteiger partial charge < -0.3 is 9.47 Å². The minimum Gasteiger partial charge on any atom is -0.493 e. The van der Waals surface area contributed by atoms with Crippen molar-refractivity contribution in [3.05, 3.63) is 57.6 Å². The van der Waals surface area contributed by atoms with Crippen LogP contribution in [-0.4, -0.2) is 27.1 Å². The Morgan fingerprint density at radius 3 is 2.38 bits per heavy atom. The summed E-state index contributed by atoms with van der Waals surface area (Å²) < 4.78 is 77.9. The summed E-state index contributed by atoms with van der Waals surface area (Å²) in [6.45, 7) is 4.17. The molecule has 0 spiro atoms. The van der Waals surface area contributed by atoms with Gasteiger partial charge in [-0.15, -0.1) is 0 Å². The summed E-state index contributed by atoms with van der Waals surface area (Å²) in [6.07, 6.45) is -4.20. The Bertz CT molecular complexity index is 1070. The highest BCUT2D eigenvalue weighted by Gasteiger charge is 2.38. The van der Waals surface area contributed by atoms with Crippen molar-refractivity contribution in [2.45, 2.75) is 37.9 Å². The van der Waals surface area contributed by atoms with Crippen LogP contribution in [0.25, 0.3) is 0 Å². The molecule has 0 aliphatic carbocycles. The molecule has 0 heterocycles. The van der Waals surface area contributed by atoms with E-state index in [9.17, 15) is 31.7 Å². The minimum absolute atomic E-state index is 0.330. The van der Waals surface area contributed by atoms with Gasteiger partial charge in [0.15, 0.2) is 11.5 Å². The number of benzene rings is 2. The largest absolute Gasteiger partial charge is 0.493 e. The van der Waals surface area contributed by atoms with Crippen LogP contribution in [0.5, 0.6) is 11.5 Å². The third-order valence-corrected chi connectivity index (χ3v) is 5.86.